The maximum Gasteiger partial charge on any atom is 0.419 e. The van der Waals surface area contributed by atoms with Crippen LogP contribution in [0, 0.1) is 0 Å². The molecule has 1 aromatic heterocycles. The molecule has 1 unspecified atom stereocenters. The lowest BCUT2D eigenvalue weighted by atomic mass is 10.0. The molecule has 1 atom stereocenters. The van der Waals surface area contributed by atoms with Crippen LogP contribution >= 0.6 is 11.6 Å². The largest absolute Gasteiger partial charge is 0.419 e. The number of hydrogen-bond donors (Lipinski definition) is 1. The number of rotatable bonds is 6. The van der Waals surface area contributed by atoms with Gasteiger partial charge in [0.2, 0.25) is 10.0 Å². The summed E-state index contributed by atoms with van der Waals surface area (Å²) >= 11 is 6.41. The average Bonchev–Trinajstić information content (AvgIpc) is 3.03. The van der Waals surface area contributed by atoms with Crippen LogP contribution in [0.3, 0.4) is 0 Å². The van der Waals surface area contributed by atoms with Crippen molar-refractivity contribution in [3.63, 3.8) is 0 Å². The SMILES string of the molecule is Cn1c(=O)oc2cc(S(=O)(=O)NCC(c3ccccc3Cl)N3CCOCC3)ccc21. The molecular formula is C20H22ClN3O5S. The Morgan fingerprint density at radius 3 is 2.63 bits per heavy atom. The topological polar surface area (TPSA) is 93.8 Å². The molecule has 1 saturated heterocycles. The Morgan fingerprint density at radius 1 is 1.17 bits per heavy atom. The van der Waals surface area contributed by atoms with Gasteiger partial charge in [0.25, 0.3) is 0 Å². The fourth-order valence-electron chi connectivity index (χ4n) is 3.62. The number of nitrogens with one attached hydrogen (secondary N) is 1. The first-order valence-corrected chi connectivity index (χ1v) is 11.4. The van der Waals surface area contributed by atoms with Crippen molar-refractivity contribution in [2.24, 2.45) is 7.05 Å². The van der Waals surface area contributed by atoms with E-state index in [-0.39, 0.29) is 23.1 Å². The predicted molar refractivity (Wildman–Crippen MR) is 113 cm³/mol. The fraction of sp³-hybridized carbons (Fsp3) is 0.350. The van der Waals surface area contributed by atoms with E-state index >= 15 is 0 Å². The van der Waals surface area contributed by atoms with Crippen LogP contribution in [0.1, 0.15) is 11.6 Å². The van der Waals surface area contributed by atoms with Gasteiger partial charge < -0.3 is 9.15 Å². The molecule has 0 radical (unpaired) electrons. The maximum absolute atomic E-state index is 13.0. The number of benzene rings is 2. The Balaban J connectivity index is 1.60. The normalized spacial score (nSPS) is 16.7. The van der Waals surface area contributed by atoms with Crippen LogP contribution < -0.4 is 10.5 Å². The molecule has 1 aliphatic rings. The zero-order valence-corrected chi connectivity index (χ0v) is 17.9. The molecule has 0 spiro atoms. The van der Waals surface area contributed by atoms with Crippen molar-refractivity contribution in [3.05, 3.63) is 63.6 Å². The first-order chi connectivity index (χ1) is 14.4. The summed E-state index contributed by atoms with van der Waals surface area (Å²) in [6.45, 7) is 2.66. The van der Waals surface area contributed by atoms with Gasteiger partial charge in [0.05, 0.1) is 23.6 Å². The molecule has 2 heterocycles. The highest BCUT2D eigenvalue weighted by Gasteiger charge is 2.27. The number of sulfonamides is 1. The van der Waals surface area contributed by atoms with Gasteiger partial charge in [0, 0.05) is 43.8 Å². The third kappa shape index (κ3) is 4.17. The second-order valence-corrected chi connectivity index (χ2v) is 9.27. The van der Waals surface area contributed by atoms with Crippen molar-refractivity contribution < 1.29 is 17.6 Å². The molecule has 1 N–H and O–H groups in total. The molecular weight excluding hydrogens is 430 g/mol. The molecule has 0 saturated carbocycles. The Hall–Kier alpha value is -2.17. The van der Waals surface area contributed by atoms with Crippen LogP contribution in [0.5, 0.6) is 0 Å². The van der Waals surface area contributed by atoms with E-state index in [0.29, 0.717) is 36.8 Å². The molecule has 1 fully saturated rings. The average molecular weight is 452 g/mol. The van der Waals surface area contributed by atoms with Crippen molar-refractivity contribution in [1.29, 1.82) is 0 Å². The molecule has 0 amide bonds. The number of fused-ring (bicyclic) bond motifs is 1. The lowest BCUT2D eigenvalue weighted by Crippen LogP contribution is -2.43. The second kappa shape index (κ2) is 8.52. The number of halogens is 1. The molecule has 160 valence electrons. The second-order valence-electron chi connectivity index (χ2n) is 7.09. The predicted octanol–water partition coefficient (Wildman–Crippen LogP) is 2.14. The number of morpholine rings is 1. The minimum absolute atomic E-state index is 0.0317. The number of nitrogens with zero attached hydrogens (tertiary/aromatic N) is 2. The number of aromatic nitrogens is 1. The summed E-state index contributed by atoms with van der Waals surface area (Å²) < 4.78 is 40.5. The van der Waals surface area contributed by atoms with Crippen LogP contribution in [0.25, 0.3) is 11.1 Å². The number of oxazole rings is 1. The van der Waals surface area contributed by atoms with E-state index in [9.17, 15) is 13.2 Å². The molecule has 30 heavy (non-hydrogen) atoms. The Kier molecular flexibility index (Phi) is 5.99. The number of ether oxygens (including phenoxy) is 1. The van der Waals surface area contributed by atoms with E-state index in [0.717, 1.165) is 5.56 Å². The van der Waals surface area contributed by atoms with Crippen molar-refractivity contribution in [2.75, 3.05) is 32.8 Å². The number of hydrogen-bond acceptors (Lipinski definition) is 6. The number of aryl methyl sites for hydroxylation is 1. The summed E-state index contributed by atoms with van der Waals surface area (Å²) in [7, 11) is -2.27. The highest BCUT2D eigenvalue weighted by molar-refractivity contribution is 7.89. The standard InChI is InChI=1S/C20H22ClN3O5S/c1-23-17-7-6-14(12-19(17)29-20(23)25)30(26,27)22-13-18(24-8-10-28-11-9-24)15-4-2-3-5-16(15)21/h2-7,12,18,22H,8-11,13H2,1H3. The van der Waals surface area contributed by atoms with E-state index in [1.54, 1.807) is 19.2 Å². The molecule has 0 bridgehead atoms. The van der Waals surface area contributed by atoms with Crippen LogP contribution in [0.2, 0.25) is 5.02 Å². The van der Waals surface area contributed by atoms with Crippen molar-refractivity contribution >= 4 is 32.7 Å². The van der Waals surface area contributed by atoms with Crippen LogP contribution in [0.15, 0.2) is 56.6 Å². The summed E-state index contributed by atoms with van der Waals surface area (Å²) in [4.78, 5) is 13.9. The smallest absolute Gasteiger partial charge is 0.408 e. The van der Waals surface area contributed by atoms with E-state index < -0.39 is 15.8 Å². The lowest BCUT2D eigenvalue weighted by Gasteiger charge is -2.35. The van der Waals surface area contributed by atoms with Gasteiger partial charge in [-0.3, -0.25) is 9.47 Å². The highest BCUT2D eigenvalue weighted by Crippen LogP contribution is 2.28. The van der Waals surface area contributed by atoms with Gasteiger partial charge in [-0.2, -0.15) is 0 Å². The quantitative estimate of drug-likeness (QED) is 0.617. The molecule has 8 nitrogen and oxygen atoms in total. The summed E-state index contributed by atoms with van der Waals surface area (Å²) in [6, 6.07) is 11.6. The molecule has 2 aromatic carbocycles. The summed E-state index contributed by atoms with van der Waals surface area (Å²) in [5.74, 6) is -0.543. The Morgan fingerprint density at radius 2 is 1.90 bits per heavy atom. The van der Waals surface area contributed by atoms with Gasteiger partial charge in [-0.1, -0.05) is 29.8 Å². The summed E-state index contributed by atoms with van der Waals surface area (Å²) in [5.41, 5.74) is 1.61. The molecule has 4 rings (SSSR count). The maximum atomic E-state index is 13.0. The third-order valence-electron chi connectivity index (χ3n) is 5.29. The van der Waals surface area contributed by atoms with Gasteiger partial charge in [0.1, 0.15) is 0 Å². The molecule has 3 aromatic rings. The Bertz CT molecular complexity index is 1210. The van der Waals surface area contributed by atoms with Crippen LogP contribution in [0.4, 0.5) is 0 Å². The zero-order valence-electron chi connectivity index (χ0n) is 16.4. The van der Waals surface area contributed by atoms with Gasteiger partial charge in [-0.15, -0.1) is 0 Å². The monoisotopic (exact) mass is 451 g/mol. The van der Waals surface area contributed by atoms with Crippen LogP contribution in [-0.2, 0) is 21.8 Å². The zero-order chi connectivity index (χ0) is 21.3. The molecule has 1 aliphatic heterocycles. The third-order valence-corrected chi connectivity index (χ3v) is 7.06. The van der Waals surface area contributed by atoms with Crippen LogP contribution in [-0.4, -0.2) is 50.7 Å². The van der Waals surface area contributed by atoms with E-state index in [4.69, 9.17) is 20.8 Å². The van der Waals surface area contributed by atoms with Crippen molar-refractivity contribution in [3.8, 4) is 0 Å². The molecule has 10 heteroatoms. The lowest BCUT2D eigenvalue weighted by molar-refractivity contribution is 0.0172. The van der Waals surface area contributed by atoms with Gasteiger partial charge >= 0.3 is 5.76 Å². The van der Waals surface area contributed by atoms with Gasteiger partial charge in [-0.25, -0.2) is 17.9 Å². The minimum atomic E-state index is -3.83. The van der Waals surface area contributed by atoms with Gasteiger partial charge in [0.15, 0.2) is 5.58 Å². The first-order valence-electron chi connectivity index (χ1n) is 9.52. The summed E-state index contributed by atoms with van der Waals surface area (Å²) in [6.07, 6.45) is 0. The summed E-state index contributed by atoms with van der Waals surface area (Å²) in [5, 5.41) is 0.584. The highest BCUT2D eigenvalue weighted by atomic mass is 35.5. The molecule has 0 aliphatic carbocycles. The Labute approximate surface area is 179 Å². The van der Waals surface area contributed by atoms with E-state index in [1.165, 1.54) is 16.7 Å². The van der Waals surface area contributed by atoms with Crippen molar-refractivity contribution in [2.45, 2.75) is 10.9 Å². The van der Waals surface area contributed by atoms with E-state index in [2.05, 4.69) is 9.62 Å². The first kappa shape index (κ1) is 21.1. The fourth-order valence-corrected chi connectivity index (χ4v) is 4.94. The minimum Gasteiger partial charge on any atom is -0.408 e. The van der Waals surface area contributed by atoms with Gasteiger partial charge in [-0.05, 0) is 23.8 Å². The van der Waals surface area contributed by atoms with Crippen molar-refractivity contribution in [1.82, 2.24) is 14.2 Å². The van der Waals surface area contributed by atoms with E-state index in [1.807, 2.05) is 18.2 Å².